The number of fused-ring (bicyclic) bond motifs is 1. The van der Waals surface area contributed by atoms with Gasteiger partial charge in [-0.1, -0.05) is 6.92 Å². The molecule has 0 radical (unpaired) electrons. The fourth-order valence-corrected chi connectivity index (χ4v) is 4.93. The first kappa shape index (κ1) is 18.2. The van der Waals surface area contributed by atoms with Crippen LogP contribution < -0.4 is 15.5 Å². The van der Waals surface area contributed by atoms with Gasteiger partial charge in [-0.15, -0.1) is 11.3 Å². The first-order valence-electron chi connectivity index (χ1n) is 9.65. The summed E-state index contributed by atoms with van der Waals surface area (Å²) in [4.78, 5) is 36.6. The van der Waals surface area contributed by atoms with Crippen molar-refractivity contribution in [2.24, 2.45) is 0 Å². The largest absolute Gasteiger partial charge is 0.352 e. The number of rotatable bonds is 5. The molecule has 2 aromatic heterocycles. The Balaban J connectivity index is 1.48. The van der Waals surface area contributed by atoms with E-state index in [1.54, 1.807) is 17.7 Å². The number of hydrogen-bond donors (Lipinski definition) is 2. The Kier molecular flexibility index (Phi) is 4.99. The molecule has 0 spiro atoms. The lowest BCUT2D eigenvalue weighted by atomic mass is 9.86. The second kappa shape index (κ2) is 7.42. The number of amides is 2. The van der Waals surface area contributed by atoms with E-state index in [1.165, 1.54) is 0 Å². The summed E-state index contributed by atoms with van der Waals surface area (Å²) in [5.41, 5.74) is -0.316. The molecule has 2 atom stereocenters. The SMILES string of the molecule is CCC1(CNC(=O)C2CCCN2c2ncnc3sccc23)CCCC(=O)N1. The van der Waals surface area contributed by atoms with E-state index in [-0.39, 0.29) is 23.4 Å². The minimum atomic E-state index is -0.316. The van der Waals surface area contributed by atoms with E-state index in [1.807, 2.05) is 11.4 Å². The highest BCUT2D eigenvalue weighted by atomic mass is 32.1. The van der Waals surface area contributed by atoms with Crippen molar-refractivity contribution in [3.63, 3.8) is 0 Å². The van der Waals surface area contributed by atoms with Gasteiger partial charge in [-0.05, 0) is 43.6 Å². The molecule has 8 heteroatoms. The molecule has 2 aliphatic rings. The van der Waals surface area contributed by atoms with Crippen molar-refractivity contribution in [1.82, 2.24) is 20.6 Å². The first-order chi connectivity index (χ1) is 13.1. The van der Waals surface area contributed by atoms with Gasteiger partial charge in [-0.25, -0.2) is 9.97 Å². The first-order valence-corrected chi connectivity index (χ1v) is 10.5. The number of carbonyl (C=O) groups excluding carboxylic acids is 2. The van der Waals surface area contributed by atoms with Crippen LogP contribution in [-0.4, -0.2) is 46.5 Å². The quantitative estimate of drug-likeness (QED) is 0.821. The molecule has 2 unspecified atom stereocenters. The third-order valence-corrected chi connectivity index (χ3v) is 6.63. The number of carbonyl (C=O) groups is 2. The zero-order valence-electron chi connectivity index (χ0n) is 15.5. The van der Waals surface area contributed by atoms with Gasteiger partial charge in [0.25, 0.3) is 0 Å². The van der Waals surface area contributed by atoms with Gasteiger partial charge < -0.3 is 15.5 Å². The molecule has 2 N–H and O–H groups in total. The second-order valence-corrected chi connectivity index (χ2v) is 8.34. The van der Waals surface area contributed by atoms with Gasteiger partial charge in [-0.3, -0.25) is 9.59 Å². The molecule has 0 saturated carbocycles. The minimum absolute atomic E-state index is 0.0159. The van der Waals surface area contributed by atoms with Crippen LogP contribution >= 0.6 is 11.3 Å². The Morgan fingerprint density at radius 3 is 3.15 bits per heavy atom. The monoisotopic (exact) mass is 387 g/mol. The van der Waals surface area contributed by atoms with Crippen LogP contribution in [0.4, 0.5) is 5.82 Å². The predicted molar refractivity (Wildman–Crippen MR) is 106 cm³/mol. The Morgan fingerprint density at radius 2 is 2.33 bits per heavy atom. The number of nitrogens with one attached hydrogen (secondary N) is 2. The maximum atomic E-state index is 13.0. The highest BCUT2D eigenvalue weighted by Gasteiger charge is 2.37. The normalized spacial score (nSPS) is 25.6. The average Bonchev–Trinajstić information content (AvgIpc) is 3.35. The average molecular weight is 388 g/mol. The smallest absolute Gasteiger partial charge is 0.242 e. The molecule has 144 valence electrons. The Labute approximate surface area is 162 Å². The van der Waals surface area contributed by atoms with Crippen LogP contribution in [0.2, 0.25) is 0 Å². The van der Waals surface area contributed by atoms with Gasteiger partial charge in [0.2, 0.25) is 11.8 Å². The zero-order valence-corrected chi connectivity index (χ0v) is 16.3. The van der Waals surface area contributed by atoms with Gasteiger partial charge in [-0.2, -0.15) is 0 Å². The lowest BCUT2D eigenvalue weighted by molar-refractivity contribution is -0.127. The van der Waals surface area contributed by atoms with Gasteiger partial charge in [0.05, 0.1) is 10.9 Å². The third-order valence-electron chi connectivity index (χ3n) is 5.81. The number of nitrogens with zero attached hydrogens (tertiary/aromatic N) is 3. The molecule has 4 heterocycles. The summed E-state index contributed by atoms with van der Waals surface area (Å²) < 4.78 is 0. The third kappa shape index (κ3) is 3.50. The van der Waals surface area contributed by atoms with E-state index >= 15 is 0 Å². The summed E-state index contributed by atoms with van der Waals surface area (Å²) in [6, 6.07) is 1.79. The fraction of sp³-hybridized carbons (Fsp3) is 0.579. The van der Waals surface area contributed by atoms with Crippen molar-refractivity contribution in [3.05, 3.63) is 17.8 Å². The molecule has 27 heavy (non-hydrogen) atoms. The summed E-state index contributed by atoms with van der Waals surface area (Å²) >= 11 is 1.58. The molecule has 2 saturated heterocycles. The zero-order chi connectivity index (χ0) is 18.9. The molecule has 0 bridgehead atoms. The van der Waals surface area contributed by atoms with Gasteiger partial charge >= 0.3 is 0 Å². The molecular weight excluding hydrogens is 362 g/mol. The van der Waals surface area contributed by atoms with Crippen molar-refractivity contribution in [1.29, 1.82) is 0 Å². The molecule has 2 aliphatic heterocycles. The van der Waals surface area contributed by atoms with Gasteiger partial charge in [0.15, 0.2) is 0 Å². The second-order valence-electron chi connectivity index (χ2n) is 7.44. The molecule has 4 rings (SSSR count). The molecular formula is C19H25N5O2S. The van der Waals surface area contributed by atoms with Gasteiger partial charge in [0, 0.05) is 19.5 Å². The van der Waals surface area contributed by atoms with Crippen LogP contribution in [-0.2, 0) is 9.59 Å². The molecule has 2 fully saturated rings. The summed E-state index contributed by atoms with van der Waals surface area (Å²) in [5.74, 6) is 0.942. The number of anilines is 1. The van der Waals surface area contributed by atoms with Crippen molar-refractivity contribution >= 4 is 39.2 Å². The summed E-state index contributed by atoms with van der Waals surface area (Å²) in [6.45, 7) is 3.36. The van der Waals surface area contributed by atoms with Crippen LogP contribution in [0.25, 0.3) is 10.2 Å². The highest BCUT2D eigenvalue weighted by Crippen LogP contribution is 2.32. The molecule has 2 aromatic rings. The Morgan fingerprint density at radius 1 is 1.44 bits per heavy atom. The standard InChI is InChI=1S/C19H25N5O2S/c1-2-19(8-3-6-15(25)23-19)11-20-17(26)14-5-4-9-24(14)16-13-7-10-27-18(13)22-12-21-16/h7,10,12,14H,2-6,8-9,11H2,1H3,(H,20,26)(H,23,25). The van der Waals surface area contributed by atoms with Crippen molar-refractivity contribution in [2.45, 2.75) is 57.0 Å². The predicted octanol–water partition coefficient (Wildman–Crippen LogP) is 2.23. The van der Waals surface area contributed by atoms with Crippen molar-refractivity contribution in [3.8, 4) is 0 Å². The number of hydrogen-bond acceptors (Lipinski definition) is 6. The lowest BCUT2D eigenvalue weighted by Gasteiger charge is -2.38. The topological polar surface area (TPSA) is 87.2 Å². The maximum absolute atomic E-state index is 13.0. The number of aromatic nitrogens is 2. The van der Waals surface area contributed by atoms with Crippen molar-refractivity contribution in [2.75, 3.05) is 18.0 Å². The summed E-state index contributed by atoms with van der Waals surface area (Å²) in [7, 11) is 0. The molecule has 7 nitrogen and oxygen atoms in total. The maximum Gasteiger partial charge on any atom is 0.242 e. The van der Waals surface area contributed by atoms with Crippen molar-refractivity contribution < 1.29 is 9.59 Å². The van der Waals surface area contributed by atoms with Crippen LogP contribution in [0.1, 0.15) is 45.4 Å². The van der Waals surface area contributed by atoms with Gasteiger partial charge in [0.1, 0.15) is 23.0 Å². The molecule has 2 amide bonds. The number of piperidine rings is 1. The van der Waals surface area contributed by atoms with E-state index in [4.69, 9.17) is 0 Å². The highest BCUT2D eigenvalue weighted by molar-refractivity contribution is 7.16. The van der Waals surface area contributed by atoms with E-state index in [0.29, 0.717) is 13.0 Å². The van der Waals surface area contributed by atoms with E-state index < -0.39 is 0 Å². The fourth-order valence-electron chi connectivity index (χ4n) is 4.20. The minimum Gasteiger partial charge on any atom is -0.352 e. The van der Waals surface area contributed by atoms with E-state index in [9.17, 15) is 9.59 Å². The van der Waals surface area contributed by atoms with Crippen LogP contribution in [0, 0.1) is 0 Å². The summed E-state index contributed by atoms with van der Waals surface area (Å²) in [5, 5.41) is 9.23. The number of thiophene rings is 1. The lowest BCUT2D eigenvalue weighted by Crippen LogP contribution is -2.58. The van der Waals surface area contributed by atoms with E-state index in [0.717, 1.165) is 54.7 Å². The van der Waals surface area contributed by atoms with Crippen LogP contribution in [0.5, 0.6) is 0 Å². The Hall–Kier alpha value is -2.22. The van der Waals surface area contributed by atoms with Crippen LogP contribution in [0.15, 0.2) is 17.8 Å². The van der Waals surface area contributed by atoms with E-state index in [2.05, 4.69) is 32.4 Å². The summed E-state index contributed by atoms with van der Waals surface area (Å²) in [6.07, 6.45) is 6.53. The Bertz CT molecular complexity index is 853. The molecule has 0 aromatic carbocycles. The van der Waals surface area contributed by atoms with Crippen LogP contribution in [0.3, 0.4) is 0 Å². The molecule has 0 aliphatic carbocycles.